The molecule has 4 aromatic rings. The van der Waals surface area contributed by atoms with Gasteiger partial charge >= 0.3 is 24.3 Å². The van der Waals surface area contributed by atoms with E-state index in [1.54, 1.807) is 0 Å². The number of H-pyrrole nitrogens is 1. The van der Waals surface area contributed by atoms with Crippen molar-refractivity contribution >= 4 is 23.0 Å². The highest BCUT2D eigenvalue weighted by Gasteiger charge is 2.38. The molecule has 4 heterocycles. The van der Waals surface area contributed by atoms with Crippen molar-refractivity contribution in [3.8, 4) is 22.8 Å². The van der Waals surface area contributed by atoms with E-state index in [0.29, 0.717) is 11.7 Å². The number of pyridine rings is 1. The van der Waals surface area contributed by atoms with Gasteiger partial charge in [-0.25, -0.2) is 14.6 Å². The average molecular weight is 574 g/mol. The summed E-state index contributed by atoms with van der Waals surface area (Å²) < 4.78 is 69.0. The molecule has 0 saturated carbocycles. The quantitative estimate of drug-likeness (QED) is 0.255. The SMILES string of the molecule is Cc1nc2ccc(-c3nc(-c4c(C)ncc5c4CCNC5)no3)cc2[nH]1.O=C(O)C(F)(F)F.O=C(O)C(F)(F)F. The predicted octanol–water partition coefficient (Wildman–Crippen LogP) is 4.20. The maximum absolute atomic E-state index is 10.6. The number of carbonyl (C=O) groups is 2. The lowest BCUT2D eigenvalue weighted by Gasteiger charge is -2.19. The van der Waals surface area contributed by atoms with Gasteiger partial charge in [-0.15, -0.1) is 0 Å². The van der Waals surface area contributed by atoms with E-state index in [2.05, 4.69) is 30.4 Å². The molecule has 0 unspecified atom stereocenters. The van der Waals surface area contributed by atoms with E-state index in [1.807, 2.05) is 38.2 Å². The number of aryl methyl sites for hydroxylation is 2. The molecule has 214 valence electrons. The van der Waals surface area contributed by atoms with Crippen molar-refractivity contribution in [3.05, 3.63) is 47.0 Å². The van der Waals surface area contributed by atoms with Crippen LogP contribution in [0, 0.1) is 13.8 Å². The largest absolute Gasteiger partial charge is 0.490 e. The third-order valence-corrected chi connectivity index (χ3v) is 5.31. The van der Waals surface area contributed by atoms with Crippen LogP contribution in [0.2, 0.25) is 0 Å². The molecule has 0 spiro atoms. The van der Waals surface area contributed by atoms with Gasteiger partial charge in [-0.3, -0.25) is 4.98 Å². The molecule has 5 rings (SSSR count). The number of hydrogen-bond donors (Lipinski definition) is 4. The van der Waals surface area contributed by atoms with Gasteiger partial charge in [0.2, 0.25) is 5.82 Å². The maximum atomic E-state index is 10.6. The number of imidazole rings is 1. The number of carboxylic acid groups (broad SMARTS) is 2. The lowest BCUT2D eigenvalue weighted by atomic mass is 9.95. The zero-order chi connectivity index (χ0) is 29.8. The number of rotatable bonds is 2. The minimum absolute atomic E-state index is 0.500. The number of fused-ring (bicyclic) bond motifs is 2. The van der Waals surface area contributed by atoms with Crippen LogP contribution in [0.25, 0.3) is 33.9 Å². The lowest BCUT2D eigenvalue weighted by Crippen LogP contribution is -2.24. The van der Waals surface area contributed by atoms with Crippen molar-refractivity contribution in [3.63, 3.8) is 0 Å². The van der Waals surface area contributed by atoms with E-state index >= 15 is 0 Å². The molecular formula is C23H20F6N6O5. The van der Waals surface area contributed by atoms with Crippen LogP contribution in [0.15, 0.2) is 28.9 Å². The summed E-state index contributed by atoms with van der Waals surface area (Å²) in [6.45, 7) is 5.71. The van der Waals surface area contributed by atoms with Gasteiger partial charge in [0.25, 0.3) is 5.89 Å². The minimum atomic E-state index is -5.08. The van der Waals surface area contributed by atoms with Crippen LogP contribution in [0.4, 0.5) is 26.3 Å². The molecule has 0 aliphatic carbocycles. The van der Waals surface area contributed by atoms with E-state index in [1.165, 1.54) is 11.1 Å². The van der Waals surface area contributed by atoms with E-state index < -0.39 is 24.3 Å². The van der Waals surface area contributed by atoms with Crippen LogP contribution in [-0.2, 0) is 22.6 Å². The van der Waals surface area contributed by atoms with Crippen molar-refractivity contribution in [2.24, 2.45) is 0 Å². The fraction of sp³-hybridized carbons (Fsp3) is 0.304. The first kappa shape index (κ1) is 30.0. The van der Waals surface area contributed by atoms with Crippen LogP contribution < -0.4 is 5.32 Å². The first-order valence-corrected chi connectivity index (χ1v) is 11.2. The molecule has 0 radical (unpaired) electrons. The molecule has 40 heavy (non-hydrogen) atoms. The molecule has 0 fully saturated rings. The van der Waals surface area contributed by atoms with Crippen LogP contribution in [0.3, 0.4) is 0 Å². The Kier molecular flexibility index (Phi) is 8.77. The van der Waals surface area contributed by atoms with Gasteiger partial charge in [0.1, 0.15) is 5.82 Å². The van der Waals surface area contributed by atoms with Crippen molar-refractivity contribution < 1.29 is 50.7 Å². The summed E-state index contributed by atoms with van der Waals surface area (Å²) >= 11 is 0. The van der Waals surface area contributed by atoms with Gasteiger partial charge in [-0.1, -0.05) is 5.16 Å². The molecule has 0 bridgehead atoms. The van der Waals surface area contributed by atoms with Crippen LogP contribution >= 0.6 is 0 Å². The number of carboxylic acids is 2. The van der Waals surface area contributed by atoms with Crippen molar-refractivity contribution in [1.82, 2.24) is 30.4 Å². The van der Waals surface area contributed by atoms with Gasteiger partial charge in [0, 0.05) is 29.6 Å². The second-order valence-corrected chi connectivity index (χ2v) is 8.23. The second kappa shape index (κ2) is 11.7. The molecule has 0 saturated heterocycles. The number of benzene rings is 1. The molecule has 1 aliphatic heterocycles. The summed E-state index contributed by atoms with van der Waals surface area (Å²) in [5.74, 6) is -3.53. The Morgan fingerprint density at radius 1 is 1.00 bits per heavy atom. The highest BCUT2D eigenvalue weighted by atomic mass is 19.4. The normalized spacial score (nSPS) is 13.0. The van der Waals surface area contributed by atoms with Gasteiger partial charge < -0.3 is 25.0 Å². The zero-order valence-electron chi connectivity index (χ0n) is 20.6. The Bertz CT molecular complexity index is 1500. The van der Waals surface area contributed by atoms with Crippen LogP contribution in [0.1, 0.15) is 22.6 Å². The Balaban J connectivity index is 0.000000263. The van der Waals surface area contributed by atoms with Crippen molar-refractivity contribution in [2.75, 3.05) is 6.54 Å². The molecule has 4 N–H and O–H groups in total. The molecule has 0 atom stereocenters. The van der Waals surface area contributed by atoms with Crippen LogP contribution in [-0.4, -0.2) is 66.1 Å². The minimum Gasteiger partial charge on any atom is -0.475 e. The smallest absolute Gasteiger partial charge is 0.475 e. The van der Waals surface area contributed by atoms with Crippen LogP contribution in [0.5, 0.6) is 0 Å². The summed E-state index contributed by atoms with van der Waals surface area (Å²) in [5.41, 5.74) is 7.16. The molecule has 1 aliphatic rings. The lowest BCUT2D eigenvalue weighted by molar-refractivity contribution is -0.193. The number of nitrogens with zero attached hydrogens (tertiary/aromatic N) is 4. The number of aromatic amines is 1. The number of nitrogens with one attached hydrogen (secondary N) is 2. The Hall–Kier alpha value is -4.54. The predicted molar refractivity (Wildman–Crippen MR) is 125 cm³/mol. The fourth-order valence-corrected chi connectivity index (χ4v) is 3.58. The molecule has 17 heteroatoms. The fourth-order valence-electron chi connectivity index (χ4n) is 3.58. The number of aromatic nitrogens is 5. The second-order valence-electron chi connectivity index (χ2n) is 8.23. The summed E-state index contributed by atoms with van der Waals surface area (Å²) in [4.78, 5) is 34.6. The first-order chi connectivity index (χ1) is 18.6. The number of halogens is 6. The van der Waals surface area contributed by atoms with Crippen molar-refractivity contribution in [1.29, 1.82) is 0 Å². The maximum Gasteiger partial charge on any atom is 0.490 e. The standard InChI is InChI=1S/C19H18N6O.2C2HF3O2/c1-10-17(14-5-6-20-8-13(14)9-21-10)18-24-19(26-25-18)12-3-4-15-16(7-12)23-11(2)22-15;2*3-2(4,5)1(6)7/h3-4,7,9,20H,5-6,8H2,1-2H3,(H,22,23);2*(H,6,7). The van der Waals surface area contributed by atoms with Gasteiger partial charge in [0.15, 0.2) is 0 Å². The van der Waals surface area contributed by atoms with Gasteiger partial charge in [-0.2, -0.15) is 31.3 Å². The van der Waals surface area contributed by atoms with E-state index in [-0.39, 0.29) is 0 Å². The van der Waals surface area contributed by atoms with E-state index in [4.69, 9.17) is 24.3 Å². The summed E-state index contributed by atoms with van der Waals surface area (Å²) in [5, 5.41) is 21.9. The molecule has 0 amide bonds. The topological polar surface area (TPSA) is 167 Å². The van der Waals surface area contributed by atoms with Gasteiger partial charge in [0.05, 0.1) is 11.0 Å². The zero-order valence-corrected chi connectivity index (χ0v) is 20.6. The highest BCUT2D eigenvalue weighted by molar-refractivity contribution is 5.80. The number of hydrogen-bond acceptors (Lipinski definition) is 8. The molecule has 11 nitrogen and oxygen atoms in total. The third-order valence-electron chi connectivity index (χ3n) is 5.31. The summed E-state index contributed by atoms with van der Waals surface area (Å²) in [6.07, 6.45) is -7.28. The summed E-state index contributed by atoms with van der Waals surface area (Å²) in [7, 11) is 0. The molecular weight excluding hydrogens is 554 g/mol. The Morgan fingerprint density at radius 3 is 2.23 bits per heavy atom. The number of alkyl halides is 6. The average Bonchev–Trinajstić information content (AvgIpc) is 3.49. The third kappa shape index (κ3) is 7.31. The first-order valence-electron chi connectivity index (χ1n) is 11.2. The van der Waals surface area contributed by atoms with E-state index in [9.17, 15) is 26.3 Å². The van der Waals surface area contributed by atoms with Crippen molar-refractivity contribution in [2.45, 2.75) is 39.2 Å². The Labute approximate surface area is 220 Å². The van der Waals surface area contributed by atoms with E-state index in [0.717, 1.165) is 53.2 Å². The highest BCUT2D eigenvalue weighted by Crippen LogP contribution is 2.31. The number of aliphatic carboxylic acids is 2. The molecule has 3 aromatic heterocycles. The molecule has 1 aromatic carbocycles. The Morgan fingerprint density at radius 2 is 1.62 bits per heavy atom. The summed E-state index contributed by atoms with van der Waals surface area (Å²) in [6, 6.07) is 5.90. The van der Waals surface area contributed by atoms with Gasteiger partial charge in [-0.05, 0) is 56.1 Å². The monoisotopic (exact) mass is 574 g/mol.